The van der Waals surface area contributed by atoms with Gasteiger partial charge in [0.05, 0.1) is 12.6 Å². The average molecular weight is 274 g/mol. The Bertz CT molecular complexity index is 609. The molecule has 2 aromatic rings. The highest BCUT2D eigenvalue weighted by atomic mass is 16.5. The highest BCUT2D eigenvalue weighted by Gasteiger charge is 2.22. The zero-order valence-corrected chi connectivity index (χ0v) is 11.7. The summed E-state index contributed by atoms with van der Waals surface area (Å²) in [6, 6.07) is 0. The van der Waals surface area contributed by atoms with Gasteiger partial charge in [-0.05, 0) is 13.8 Å². The first kappa shape index (κ1) is 12.7. The monoisotopic (exact) mass is 274 g/mol. The van der Waals surface area contributed by atoms with E-state index in [2.05, 4.69) is 24.4 Å². The van der Waals surface area contributed by atoms with Gasteiger partial charge in [-0.2, -0.15) is 4.98 Å². The van der Waals surface area contributed by atoms with Crippen molar-refractivity contribution in [2.24, 2.45) is 0 Å². The molecule has 0 saturated heterocycles. The molecule has 0 spiro atoms. The van der Waals surface area contributed by atoms with E-state index < -0.39 is 0 Å². The van der Waals surface area contributed by atoms with E-state index in [1.165, 1.54) is 6.33 Å². The van der Waals surface area contributed by atoms with Crippen molar-refractivity contribution in [3.8, 4) is 5.88 Å². The molecule has 0 saturated carbocycles. The van der Waals surface area contributed by atoms with Crippen molar-refractivity contribution in [2.45, 2.75) is 33.0 Å². The first-order chi connectivity index (χ1) is 9.65. The molecule has 0 radical (unpaired) electrons. The second kappa shape index (κ2) is 4.99. The van der Waals surface area contributed by atoms with Gasteiger partial charge in [-0.25, -0.2) is 9.97 Å². The van der Waals surface area contributed by atoms with Gasteiger partial charge in [-0.1, -0.05) is 0 Å². The van der Waals surface area contributed by atoms with Crippen LogP contribution in [0.3, 0.4) is 0 Å². The van der Waals surface area contributed by atoms with E-state index in [4.69, 9.17) is 10.5 Å². The SMILES string of the molecule is CC(C)Oc1ncnc(N2CCn3ccnc3C2)c1N. The minimum Gasteiger partial charge on any atom is -0.473 e. The van der Waals surface area contributed by atoms with Crippen molar-refractivity contribution >= 4 is 11.5 Å². The first-order valence-electron chi connectivity index (χ1n) is 6.67. The first-order valence-corrected chi connectivity index (χ1v) is 6.67. The smallest absolute Gasteiger partial charge is 0.242 e. The number of nitrogen functional groups attached to an aromatic ring is 1. The molecule has 7 heteroatoms. The molecule has 20 heavy (non-hydrogen) atoms. The summed E-state index contributed by atoms with van der Waals surface area (Å²) in [5, 5.41) is 0. The van der Waals surface area contributed by atoms with E-state index in [0.29, 0.717) is 23.9 Å². The number of nitrogens with zero attached hydrogens (tertiary/aromatic N) is 5. The van der Waals surface area contributed by atoms with Crippen LogP contribution in [0.15, 0.2) is 18.7 Å². The third-order valence-electron chi connectivity index (χ3n) is 3.22. The number of hydrogen-bond donors (Lipinski definition) is 1. The number of nitrogens with two attached hydrogens (primary N) is 1. The maximum absolute atomic E-state index is 6.14. The van der Waals surface area contributed by atoms with Crippen LogP contribution < -0.4 is 15.4 Å². The molecule has 3 rings (SSSR count). The van der Waals surface area contributed by atoms with E-state index in [0.717, 1.165) is 18.9 Å². The topological polar surface area (TPSA) is 82.1 Å². The maximum atomic E-state index is 6.14. The third-order valence-corrected chi connectivity index (χ3v) is 3.22. The second-order valence-electron chi connectivity index (χ2n) is 5.04. The van der Waals surface area contributed by atoms with Crippen LogP contribution in [0.4, 0.5) is 11.5 Å². The molecule has 0 atom stereocenters. The zero-order chi connectivity index (χ0) is 14.1. The molecule has 1 aliphatic rings. The van der Waals surface area contributed by atoms with Crippen molar-refractivity contribution < 1.29 is 4.74 Å². The van der Waals surface area contributed by atoms with Gasteiger partial charge in [0, 0.05) is 25.5 Å². The van der Waals surface area contributed by atoms with Gasteiger partial charge >= 0.3 is 0 Å². The van der Waals surface area contributed by atoms with Gasteiger partial charge in [0.25, 0.3) is 0 Å². The number of ether oxygens (including phenoxy) is 1. The molecule has 3 heterocycles. The predicted octanol–water partition coefficient (Wildman–Crippen LogP) is 1.06. The van der Waals surface area contributed by atoms with Crippen molar-refractivity contribution in [3.63, 3.8) is 0 Å². The molecule has 2 N–H and O–H groups in total. The minimum atomic E-state index is 0.0281. The molecule has 0 fully saturated rings. The maximum Gasteiger partial charge on any atom is 0.242 e. The largest absolute Gasteiger partial charge is 0.473 e. The Kier molecular flexibility index (Phi) is 3.17. The summed E-state index contributed by atoms with van der Waals surface area (Å²) in [4.78, 5) is 14.8. The van der Waals surface area contributed by atoms with Crippen LogP contribution in [0.25, 0.3) is 0 Å². The number of hydrogen-bond acceptors (Lipinski definition) is 6. The Morgan fingerprint density at radius 2 is 2.10 bits per heavy atom. The van der Waals surface area contributed by atoms with E-state index in [1.54, 1.807) is 0 Å². The number of fused-ring (bicyclic) bond motifs is 1. The third kappa shape index (κ3) is 2.26. The Hall–Kier alpha value is -2.31. The fraction of sp³-hybridized carbons (Fsp3) is 0.462. The van der Waals surface area contributed by atoms with Crippen molar-refractivity contribution in [3.05, 3.63) is 24.5 Å². The van der Waals surface area contributed by atoms with Crippen LogP contribution in [0.5, 0.6) is 5.88 Å². The Labute approximate surface area is 117 Å². The quantitative estimate of drug-likeness (QED) is 0.901. The molecule has 0 bridgehead atoms. The molecular formula is C13H18N6O. The summed E-state index contributed by atoms with van der Waals surface area (Å²) < 4.78 is 7.75. The van der Waals surface area contributed by atoms with Crippen molar-refractivity contribution in [1.29, 1.82) is 0 Å². The fourth-order valence-electron chi connectivity index (χ4n) is 2.29. The zero-order valence-electron chi connectivity index (χ0n) is 11.7. The van der Waals surface area contributed by atoms with Gasteiger partial charge in [0.1, 0.15) is 17.8 Å². The molecule has 0 amide bonds. The van der Waals surface area contributed by atoms with Crippen LogP contribution in [-0.4, -0.2) is 32.2 Å². The second-order valence-corrected chi connectivity index (χ2v) is 5.04. The summed E-state index contributed by atoms with van der Waals surface area (Å²) in [5.41, 5.74) is 6.63. The van der Waals surface area contributed by atoms with Gasteiger partial charge in [-0.3, -0.25) is 0 Å². The standard InChI is InChI=1S/C13H18N6O/c1-9(2)20-13-11(14)12(16-8-17-13)19-6-5-18-4-3-15-10(18)7-19/h3-4,8-9H,5-7,14H2,1-2H3. The van der Waals surface area contributed by atoms with Gasteiger partial charge in [-0.15, -0.1) is 0 Å². The molecule has 7 nitrogen and oxygen atoms in total. The summed E-state index contributed by atoms with van der Waals surface area (Å²) in [5.74, 6) is 2.17. The lowest BCUT2D eigenvalue weighted by molar-refractivity contribution is 0.234. The lowest BCUT2D eigenvalue weighted by Gasteiger charge is -2.29. The summed E-state index contributed by atoms with van der Waals surface area (Å²) >= 11 is 0. The van der Waals surface area contributed by atoms with Gasteiger partial charge < -0.3 is 19.9 Å². The number of aromatic nitrogens is 4. The fourth-order valence-corrected chi connectivity index (χ4v) is 2.29. The molecule has 0 aromatic carbocycles. The lowest BCUT2D eigenvalue weighted by atomic mass is 10.3. The molecule has 1 aliphatic heterocycles. The van der Waals surface area contributed by atoms with E-state index in [1.807, 2.05) is 26.2 Å². The molecule has 2 aromatic heterocycles. The Morgan fingerprint density at radius 3 is 2.90 bits per heavy atom. The van der Waals surface area contributed by atoms with E-state index in [-0.39, 0.29) is 6.10 Å². The summed E-state index contributed by atoms with van der Waals surface area (Å²) in [6.07, 6.45) is 5.32. The highest BCUT2D eigenvalue weighted by Crippen LogP contribution is 2.30. The molecule has 106 valence electrons. The normalized spacial score (nSPS) is 14.4. The lowest BCUT2D eigenvalue weighted by Crippen LogP contribution is -2.34. The van der Waals surface area contributed by atoms with Gasteiger partial charge in [0.15, 0.2) is 5.82 Å². The van der Waals surface area contributed by atoms with Crippen molar-refractivity contribution in [1.82, 2.24) is 19.5 Å². The number of imidazole rings is 1. The van der Waals surface area contributed by atoms with E-state index in [9.17, 15) is 0 Å². The number of anilines is 2. The molecule has 0 aliphatic carbocycles. The Balaban J connectivity index is 1.88. The summed E-state index contributed by atoms with van der Waals surface area (Å²) in [7, 11) is 0. The number of rotatable bonds is 3. The van der Waals surface area contributed by atoms with Crippen LogP contribution in [0, 0.1) is 0 Å². The summed E-state index contributed by atoms with van der Waals surface area (Å²) in [6.45, 7) is 6.29. The highest BCUT2D eigenvalue weighted by molar-refractivity contribution is 5.67. The Morgan fingerprint density at radius 1 is 1.25 bits per heavy atom. The average Bonchev–Trinajstić information content (AvgIpc) is 2.88. The molecular weight excluding hydrogens is 256 g/mol. The van der Waals surface area contributed by atoms with Crippen LogP contribution in [0.2, 0.25) is 0 Å². The van der Waals surface area contributed by atoms with Crippen LogP contribution >= 0.6 is 0 Å². The molecule has 0 unspecified atom stereocenters. The van der Waals surface area contributed by atoms with Crippen LogP contribution in [-0.2, 0) is 13.1 Å². The predicted molar refractivity (Wildman–Crippen MR) is 75.5 cm³/mol. The van der Waals surface area contributed by atoms with E-state index >= 15 is 0 Å². The van der Waals surface area contributed by atoms with Gasteiger partial charge in [0.2, 0.25) is 5.88 Å². The minimum absolute atomic E-state index is 0.0281. The van der Waals surface area contributed by atoms with Crippen molar-refractivity contribution in [2.75, 3.05) is 17.2 Å². The van der Waals surface area contributed by atoms with Crippen LogP contribution in [0.1, 0.15) is 19.7 Å².